The molecule has 92 valence electrons. The summed E-state index contributed by atoms with van der Waals surface area (Å²) in [6.07, 6.45) is 6.79. The Balaban J connectivity index is 1.80. The topological polar surface area (TPSA) is 61.4 Å². The van der Waals surface area contributed by atoms with E-state index in [1.54, 1.807) is 0 Å². The van der Waals surface area contributed by atoms with Crippen LogP contribution in [0.4, 0.5) is 0 Å². The summed E-state index contributed by atoms with van der Waals surface area (Å²) in [5.41, 5.74) is 0. The number of nitrogens with one attached hydrogen (secondary N) is 2. The van der Waals surface area contributed by atoms with Gasteiger partial charge in [0.05, 0.1) is 18.2 Å². The van der Waals surface area contributed by atoms with E-state index in [0.29, 0.717) is 0 Å². The number of rotatable bonds is 2. The van der Waals surface area contributed by atoms with Crippen LogP contribution in [0.15, 0.2) is 0 Å². The number of aliphatic hydroxyl groups excluding tert-OH is 1. The van der Waals surface area contributed by atoms with Gasteiger partial charge in [-0.2, -0.15) is 0 Å². The van der Waals surface area contributed by atoms with Crippen molar-refractivity contribution in [1.29, 1.82) is 0 Å². The standard InChI is InChI=1S/C12H22N2O2/c15-11-7-2-1-5-9(11)14-12(16)10-6-3-4-8-13-10/h9-11,13,15H,1-8H2,(H,14,16)/t9-,10+,11-/m0/s1. The zero-order valence-corrected chi connectivity index (χ0v) is 9.74. The third-order valence-corrected chi connectivity index (χ3v) is 3.68. The van der Waals surface area contributed by atoms with Crippen molar-refractivity contribution >= 4 is 5.91 Å². The maximum absolute atomic E-state index is 11.9. The highest BCUT2D eigenvalue weighted by atomic mass is 16.3. The largest absolute Gasteiger partial charge is 0.391 e. The lowest BCUT2D eigenvalue weighted by Crippen LogP contribution is -2.53. The highest BCUT2D eigenvalue weighted by Crippen LogP contribution is 2.18. The summed E-state index contributed by atoms with van der Waals surface area (Å²) in [7, 11) is 0. The number of hydrogen-bond donors (Lipinski definition) is 3. The van der Waals surface area contributed by atoms with Crippen LogP contribution in [0.2, 0.25) is 0 Å². The first-order valence-electron chi connectivity index (χ1n) is 6.49. The number of piperidine rings is 1. The van der Waals surface area contributed by atoms with Crippen molar-refractivity contribution in [2.45, 2.75) is 63.1 Å². The Hall–Kier alpha value is -0.610. The van der Waals surface area contributed by atoms with E-state index in [1.165, 1.54) is 0 Å². The minimum Gasteiger partial charge on any atom is -0.391 e. The molecule has 1 aliphatic carbocycles. The van der Waals surface area contributed by atoms with Crippen molar-refractivity contribution in [2.75, 3.05) is 6.54 Å². The number of amides is 1. The maximum atomic E-state index is 11.9. The fourth-order valence-electron chi connectivity index (χ4n) is 2.64. The Morgan fingerprint density at radius 2 is 1.88 bits per heavy atom. The van der Waals surface area contributed by atoms with E-state index in [-0.39, 0.29) is 24.1 Å². The summed E-state index contributed by atoms with van der Waals surface area (Å²) in [6.45, 7) is 0.936. The second kappa shape index (κ2) is 5.64. The van der Waals surface area contributed by atoms with E-state index >= 15 is 0 Å². The molecule has 0 unspecified atom stereocenters. The Kier molecular flexibility index (Phi) is 4.18. The molecule has 1 saturated carbocycles. The molecule has 0 aromatic heterocycles. The Bertz CT molecular complexity index is 239. The van der Waals surface area contributed by atoms with Crippen LogP contribution in [0.25, 0.3) is 0 Å². The van der Waals surface area contributed by atoms with E-state index in [0.717, 1.165) is 51.5 Å². The summed E-state index contributed by atoms with van der Waals surface area (Å²) < 4.78 is 0. The molecule has 0 radical (unpaired) electrons. The highest BCUT2D eigenvalue weighted by Gasteiger charge is 2.28. The van der Waals surface area contributed by atoms with Crippen molar-refractivity contribution in [1.82, 2.24) is 10.6 Å². The predicted octanol–water partition coefficient (Wildman–Crippen LogP) is 0.548. The molecule has 0 bridgehead atoms. The zero-order chi connectivity index (χ0) is 11.4. The van der Waals surface area contributed by atoms with Crippen molar-refractivity contribution in [3.63, 3.8) is 0 Å². The number of hydrogen-bond acceptors (Lipinski definition) is 3. The Morgan fingerprint density at radius 1 is 1.12 bits per heavy atom. The van der Waals surface area contributed by atoms with E-state index < -0.39 is 0 Å². The second-order valence-electron chi connectivity index (χ2n) is 4.97. The lowest BCUT2D eigenvalue weighted by molar-refractivity contribution is -0.125. The molecule has 0 aromatic rings. The molecule has 3 atom stereocenters. The smallest absolute Gasteiger partial charge is 0.237 e. The lowest BCUT2D eigenvalue weighted by atomic mass is 9.92. The molecule has 0 aromatic carbocycles. The van der Waals surface area contributed by atoms with Crippen LogP contribution in [0.3, 0.4) is 0 Å². The van der Waals surface area contributed by atoms with Gasteiger partial charge < -0.3 is 15.7 Å². The Labute approximate surface area is 96.8 Å². The Morgan fingerprint density at radius 3 is 2.56 bits per heavy atom. The minimum absolute atomic E-state index is 0.0232. The van der Waals surface area contributed by atoms with Crippen LogP contribution in [-0.4, -0.2) is 35.7 Å². The van der Waals surface area contributed by atoms with Crippen LogP contribution in [-0.2, 0) is 4.79 Å². The molecule has 2 fully saturated rings. The molecule has 4 nitrogen and oxygen atoms in total. The van der Waals surface area contributed by atoms with Crippen molar-refractivity contribution in [3.8, 4) is 0 Å². The van der Waals surface area contributed by atoms with Crippen molar-refractivity contribution in [2.24, 2.45) is 0 Å². The van der Waals surface area contributed by atoms with Gasteiger partial charge in [0.2, 0.25) is 5.91 Å². The third-order valence-electron chi connectivity index (χ3n) is 3.68. The van der Waals surface area contributed by atoms with Crippen LogP contribution in [0, 0.1) is 0 Å². The summed E-state index contributed by atoms with van der Waals surface area (Å²) in [4.78, 5) is 11.9. The number of aliphatic hydroxyl groups is 1. The third kappa shape index (κ3) is 2.95. The van der Waals surface area contributed by atoms with Gasteiger partial charge in [-0.1, -0.05) is 19.3 Å². The molecular weight excluding hydrogens is 204 g/mol. The van der Waals surface area contributed by atoms with Crippen molar-refractivity contribution in [3.05, 3.63) is 0 Å². The molecule has 2 aliphatic rings. The summed E-state index contributed by atoms with van der Waals surface area (Å²) in [5.74, 6) is 0.0747. The van der Waals surface area contributed by atoms with Gasteiger partial charge in [-0.3, -0.25) is 4.79 Å². The first-order chi connectivity index (χ1) is 7.77. The predicted molar refractivity (Wildman–Crippen MR) is 62.0 cm³/mol. The summed E-state index contributed by atoms with van der Waals surface area (Å²) in [5, 5.41) is 16.0. The van der Waals surface area contributed by atoms with E-state index in [9.17, 15) is 9.90 Å². The molecule has 4 heteroatoms. The first kappa shape index (κ1) is 11.9. The summed E-state index contributed by atoms with van der Waals surface area (Å²) in [6, 6.07) is -0.0622. The van der Waals surface area contributed by atoms with Gasteiger partial charge in [-0.05, 0) is 32.2 Å². The van der Waals surface area contributed by atoms with Gasteiger partial charge in [0.25, 0.3) is 0 Å². The monoisotopic (exact) mass is 226 g/mol. The fraction of sp³-hybridized carbons (Fsp3) is 0.917. The maximum Gasteiger partial charge on any atom is 0.237 e. The first-order valence-corrected chi connectivity index (χ1v) is 6.49. The summed E-state index contributed by atoms with van der Waals surface area (Å²) >= 11 is 0. The van der Waals surface area contributed by atoms with Gasteiger partial charge >= 0.3 is 0 Å². The van der Waals surface area contributed by atoms with Crippen LogP contribution in [0.1, 0.15) is 44.9 Å². The van der Waals surface area contributed by atoms with Gasteiger partial charge in [0.15, 0.2) is 0 Å². The average molecular weight is 226 g/mol. The zero-order valence-electron chi connectivity index (χ0n) is 9.74. The molecule has 1 amide bonds. The van der Waals surface area contributed by atoms with Gasteiger partial charge in [-0.15, -0.1) is 0 Å². The van der Waals surface area contributed by atoms with Gasteiger partial charge in [0.1, 0.15) is 0 Å². The van der Waals surface area contributed by atoms with Crippen molar-refractivity contribution < 1.29 is 9.90 Å². The minimum atomic E-state index is -0.346. The van der Waals surface area contributed by atoms with Crippen LogP contribution in [0.5, 0.6) is 0 Å². The second-order valence-corrected chi connectivity index (χ2v) is 4.97. The van der Waals surface area contributed by atoms with Crippen LogP contribution < -0.4 is 10.6 Å². The molecule has 1 heterocycles. The highest BCUT2D eigenvalue weighted by molar-refractivity contribution is 5.82. The fourth-order valence-corrected chi connectivity index (χ4v) is 2.64. The van der Waals surface area contributed by atoms with E-state index in [2.05, 4.69) is 10.6 Å². The average Bonchev–Trinajstić information content (AvgIpc) is 2.33. The quantitative estimate of drug-likeness (QED) is 0.644. The van der Waals surface area contributed by atoms with Gasteiger partial charge in [-0.25, -0.2) is 0 Å². The molecule has 0 spiro atoms. The molecule has 16 heavy (non-hydrogen) atoms. The SMILES string of the molecule is O=C(N[C@H]1CCCC[C@@H]1O)[C@H]1CCCCN1. The molecular formula is C12H22N2O2. The molecule has 1 aliphatic heterocycles. The normalized spacial score (nSPS) is 35.7. The molecule has 1 saturated heterocycles. The van der Waals surface area contributed by atoms with E-state index in [1.807, 2.05) is 0 Å². The number of carbonyl (C=O) groups is 1. The van der Waals surface area contributed by atoms with Gasteiger partial charge in [0, 0.05) is 0 Å². The number of carbonyl (C=O) groups excluding carboxylic acids is 1. The van der Waals surface area contributed by atoms with E-state index in [4.69, 9.17) is 0 Å². The van der Waals surface area contributed by atoms with Crippen LogP contribution >= 0.6 is 0 Å². The molecule has 3 N–H and O–H groups in total. The molecule has 2 rings (SSSR count). The lowest BCUT2D eigenvalue weighted by Gasteiger charge is -2.31.